The van der Waals surface area contributed by atoms with Gasteiger partial charge in [-0.05, 0) is 60.2 Å². The van der Waals surface area contributed by atoms with Crippen molar-refractivity contribution >= 4 is 22.6 Å². The minimum Gasteiger partial charge on any atom is -0.271 e. The van der Waals surface area contributed by atoms with Crippen LogP contribution in [-0.4, -0.2) is 9.78 Å². The summed E-state index contributed by atoms with van der Waals surface area (Å²) in [6.45, 7) is 4.24. The van der Waals surface area contributed by atoms with E-state index in [1.807, 2.05) is 16.9 Å². The Labute approximate surface area is 127 Å². The molecule has 1 aromatic heterocycles. The van der Waals surface area contributed by atoms with Crippen molar-refractivity contribution in [2.75, 3.05) is 0 Å². The van der Waals surface area contributed by atoms with E-state index in [1.165, 1.54) is 9.13 Å². The molecule has 5 heteroatoms. The van der Waals surface area contributed by atoms with Crippen LogP contribution in [-0.2, 0) is 6.42 Å². The van der Waals surface area contributed by atoms with E-state index in [1.54, 1.807) is 0 Å². The molecule has 1 heterocycles. The average Bonchev–Trinajstić information content (AvgIpc) is 2.84. The monoisotopic (exact) mass is 370 g/mol. The molecule has 1 aromatic carbocycles. The maximum Gasteiger partial charge on any atom is 0.0644 e. The number of nitrogens with one attached hydrogen (secondary N) is 1. The molecule has 102 valence electrons. The first-order chi connectivity index (χ1) is 9.10. The zero-order valence-electron chi connectivity index (χ0n) is 11.2. The van der Waals surface area contributed by atoms with Crippen LogP contribution in [0.3, 0.4) is 0 Å². The molecule has 0 saturated heterocycles. The van der Waals surface area contributed by atoms with Crippen LogP contribution in [0.5, 0.6) is 0 Å². The van der Waals surface area contributed by atoms with Gasteiger partial charge in [-0.15, -0.1) is 0 Å². The quantitative estimate of drug-likeness (QED) is 0.484. The van der Waals surface area contributed by atoms with Gasteiger partial charge in [-0.25, -0.2) is 0 Å². The molecule has 0 aliphatic heterocycles. The van der Waals surface area contributed by atoms with Crippen molar-refractivity contribution in [3.8, 4) is 0 Å². The fraction of sp³-hybridized carbons (Fsp3) is 0.357. The zero-order chi connectivity index (χ0) is 13.8. The van der Waals surface area contributed by atoms with Crippen molar-refractivity contribution in [3.05, 3.63) is 51.4 Å². The second-order valence-corrected chi connectivity index (χ2v) is 6.10. The minimum absolute atomic E-state index is 0.0882. The number of hydrogen-bond donors (Lipinski definition) is 2. The number of aromatic nitrogens is 2. The van der Waals surface area contributed by atoms with Crippen molar-refractivity contribution in [2.45, 2.75) is 32.4 Å². The van der Waals surface area contributed by atoms with Crippen molar-refractivity contribution in [2.24, 2.45) is 5.84 Å². The van der Waals surface area contributed by atoms with Gasteiger partial charge in [0.25, 0.3) is 0 Å². The summed E-state index contributed by atoms with van der Waals surface area (Å²) in [4.78, 5) is 0. The molecular formula is C14H19IN4. The summed E-state index contributed by atoms with van der Waals surface area (Å²) >= 11 is 2.31. The van der Waals surface area contributed by atoms with E-state index < -0.39 is 0 Å². The van der Waals surface area contributed by atoms with Crippen LogP contribution >= 0.6 is 22.6 Å². The topological polar surface area (TPSA) is 55.9 Å². The Morgan fingerprint density at radius 2 is 2.16 bits per heavy atom. The van der Waals surface area contributed by atoms with Gasteiger partial charge in [0.05, 0.1) is 11.7 Å². The SMILES string of the molecule is CC(C)n1ccc(CC(NN)c2cccc(I)c2)n1. The third-order valence-corrected chi connectivity index (χ3v) is 3.73. The first-order valence-corrected chi connectivity index (χ1v) is 7.43. The highest BCUT2D eigenvalue weighted by Gasteiger charge is 2.13. The molecule has 0 saturated carbocycles. The average molecular weight is 370 g/mol. The summed E-state index contributed by atoms with van der Waals surface area (Å²) in [5.74, 6) is 5.68. The number of halogens is 1. The molecule has 2 rings (SSSR count). The predicted molar refractivity (Wildman–Crippen MR) is 85.5 cm³/mol. The second-order valence-electron chi connectivity index (χ2n) is 4.86. The lowest BCUT2D eigenvalue weighted by Crippen LogP contribution is -2.29. The van der Waals surface area contributed by atoms with Gasteiger partial charge in [-0.2, -0.15) is 5.10 Å². The fourth-order valence-electron chi connectivity index (χ4n) is 1.98. The Bertz CT molecular complexity index is 536. The smallest absolute Gasteiger partial charge is 0.0644 e. The van der Waals surface area contributed by atoms with E-state index in [0.717, 1.165) is 12.1 Å². The molecule has 0 spiro atoms. The van der Waals surface area contributed by atoms with Gasteiger partial charge >= 0.3 is 0 Å². The van der Waals surface area contributed by atoms with Crippen LogP contribution in [0, 0.1) is 3.57 Å². The van der Waals surface area contributed by atoms with Gasteiger partial charge in [-0.1, -0.05) is 12.1 Å². The van der Waals surface area contributed by atoms with Crippen LogP contribution < -0.4 is 11.3 Å². The summed E-state index contributed by atoms with van der Waals surface area (Å²) in [5.41, 5.74) is 5.12. The van der Waals surface area contributed by atoms with Crippen molar-refractivity contribution < 1.29 is 0 Å². The number of benzene rings is 1. The van der Waals surface area contributed by atoms with E-state index in [4.69, 9.17) is 5.84 Å². The van der Waals surface area contributed by atoms with Crippen LogP contribution in [0.1, 0.15) is 37.2 Å². The third kappa shape index (κ3) is 3.77. The van der Waals surface area contributed by atoms with Crippen LogP contribution in [0.25, 0.3) is 0 Å². The largest absolute Gasteiger partial charge is 0.271 e. The number of nitrogens with two attached hydrogens (primary N) is 1. The number of nitrogens with zero attached hydrogens (tertiary/aromatic N) is 2. The van der Waals surface area contributed by atoms with E-state index in [-0.39, 0.29) is 6.04 Å². The summed E-state index contributed by atoms with van der Waals surface area (Å²) in [5, 5.41) is 4.56. The highest BCUT2D eigenvalue weighted by atomic mass is 127. The molecular weight excluding hydrogens is 351 g/mol. The third-order valence-electron chi connectivity index (χ3n) is 3.06. The van der Waals surface area contributed by atoms with E-state index in [9.17, 15) is 0 Å². The second kappa shape index (κ2) is 6.49. The van der Waals surface area contributed by atoms with Crippen molar-refractivity contribution in [1.82, 2.24) is 15.2 Å². The van der Waals surface area contributed by atoms with E-state index in [0.29, 0.717) is 6.04 Å². The maximum absolute atomic E-state index is 5.68. The van der Waals surface area contributed by atoms with Crippen LogP contribution in [0.15, 0.2) is 36.5 Å². The van der Waals surface area contributed by atoms with Gasteiger partial charge < -0.3 is 0 Å². The van der Waals surface area contributed by atoms with Gasteiger partial charge in [0.1, 0.15) is 0 Å². The Morgan fingerprint density at radius 3 is 2.74 bits per heavy atom. The molecule has 0 radical (unpaired) electrons. The Balaban J connectivity index is 2.14. The van der Waals surface area contributed by atoms with E-state index >= 15 is 0 Å². The lowest BCUT2D eigenvalue weighted by molar-refractivity contribution is 0.507. The number of hydrazine groups is 1. The fourth-order valence-corrected chi connectivity index (χ4v) is 2.55. The number of hydrogen-bond acceptors (Lipinski definition) is 3. The normalized spacial score (nSPS) is 12.9. The Kier molecular flexibility index (Phi) is 4.95. The van der Waals surface area contributed by atoms with Crippen molar-refractivity contribution in [1.29, 1.82) is 0 Å². The zero-order valence-corrected chi connectivity index (χ0v) is 13.3. The Morgan fingerprint density at radius 1 is 1.37 bits per heavy atom. The Hall–Kier alpha value is -0.920. The minimum atomic E-state index is 0.0882. The molecule has 0 aliphatic rings. The van der Waals surface area contributed by atoms with Gasteiger partial charge in [-0.3, -0.25) is 16.0 Å². The highest BCUT2D eigenvalue weighted by molar-refractivity contribution is 14.1. The lowest BCUT2D eigenvalue weighted by atomic mass is 10.0. The molecule has 1 atom stereocenters. The molecule has 19 heavy (non-hydrogen) atoms. The van der Waals surface area contributed by atoms with Gasteiger partial charge in [0.2, 0.25) is 0 Å². The van der Waals surface area contributed by atoms with Crippen LogP contribution in [0.4, 0.5) is 0 Å². The van der Waals surface area contributed by atoms with Crippen molar-refractivity contribution in [3.63, 3.8) is 0 Å². The first kappa shape index (κ1) is 14.5. The summed E-state index contributed by atoms with van der Waals surface area (Å²) in [7, 11) is 0. The first-order valence-electron chi connectivity index (χ1n) is 6.35. The van der Waals surface area contributed by atoms with Gasteiger partial charge in [0, 0.05) is 22.2 Å². The standard InChI is InChI=1S/C14H19IN4/c1-10(2)19-7-6-13(18-19)9-14(17-16)11-4-3-5-12(15)8-11/h3-8,10,14,17H,9,16H2,1-2H3. The van der Waals surface area contributed by atoms with Gasteiger partial charge in [0.15, 0.2) is 0 Å². The predicted octanol–water partition coefficient (Wildman–Crippen LogP) is 2.82. The molecule has 1 unspecified atom stereocenters. The number of rotatable bonds is 5. The molecule has 2 aromatic rings. The molecule has 4 nitrogen and oxygen atoms in total. The summed E-state index contributed by atoms with van der Waals surface area (Å²) in [6, 6.07) is 10.9. The highest BCUT2D eigenvalue weighted by Crippen LogP contribution is 2.19. The summed E-state index contributed by atoms with van der Waals surface area (Å²) < 4.78 is 3.18. The molecule has 0 bridgehead atoms. The molecule has 0 aliphatic carbocycles. The molecule has 3 N–H and O–H groups in total. The van der Waals surface area contributed by atoms with E-state index in [2.05, 4.69) is 71.2 Å². The lowest BCUT2D eigenvalue weighted by Gasteiger charge is -2.15. The molecule has 0 fully saturated rings. The summed E-state index contributed by atoms with van der Waals surface area (Å²) in [6.07, 6.45) is 2.80. The maximum atomic E-state index is 5.68. The molecule has 0 amide bonds. The van der Waals surface area contributed by atoms with Crippen LogP contribution in [0.2, 0.25) is 0 Å².